The molecule has 0 bridgehead atoms. The number of carbonyl (C=O) groups is 2. The average molecular weight is 383 g/mol. The maximum atomic E-state index is 12.7. The second-order valence-corrected chi connectivity index (χ2v) is 8.25. The van der Waals surface area contributed by atoms with Crippen molar-refractivity contribution in [3.05, 3.63) is 10.4 Å². The van der Waals surface area contributed by atoms with Crippen molar-refractivity contribution in [3.63, 3.8) is 0 Å². The first kappa shape index (κ1) is 23.1. The van der Waals surface area contributed by atoms with Crippen LogP contribution in [0.25, 0.3) is 10.4 Å². The SMILES string of the molecule is CC(C)(C)OC(=O)N(CCCCCCCC(=O)O)C1CCC(N=[N+]=[N-])CC1. The van der Waals surface area contributed by atoms with E-state index >= 15 is 0 Å². The number of nitrogens with zero attached hydrogens (tertiary/aromatic N) is 4. The Kier molecular flexibility index (Phi) is 10.0. The smallest absolute Gasteiger partial charge is 0.410 e. The van der Waals surface area contributed by atoms with E-state index in [-0.39, 0.29) is 24.6 Å². The Hall–Kier alpha value is -1.95. The number of ether oxygens (including phenoxy) is 1. The minimum absolute atomic E-state index is 0.0287. The van der Waals surface area contributed by atoms with E-state index in [1.165, 1.54) is 0 Å². The summed E-state index contributed by atoms with van der Waals surface area (Å²) in [6.45, 7) is 6.24. The predicted molar refractivity (Wildman–Crippen MR) is 103 cm³/mol. The third-order valence-electron chi connectivity index (χ3n) is 4.74. The van der Waals surface area contributed by atoms with Gasteiger partial charge in [0.1, 0.15) is 5.60 Å². The maximum Gasteiger partial charge on any atom is 0.410 e. The molecule has 1 amide bonds. The van der Waals surface area contributed by atoms with E-state index in [1.807, 2.05) is 25.7 Å². The van der Waals surface area contributed by atoms with Gasteiger partial charge in [0.2, 0.25) is 0 Å². The van der Waals surface area contributed by atoms with Gasteiger partial charge in [-0.2, -0.15) is 0 Å². The van der Waals surface area contributed by atoms with E-state index < -0.39 is 11.6 Å². The molecule has 1 aliphatic carbocycles. The van der Waals surface area contributed by atoms with Gasteiger partial charge in [-0.1, -0.05) is 24.4 Å². The number of aliphatic carboxylic acids is 1. The summed E-state index contributed by atoms with van der Waals surface area (Å²) in [7, 11) is 0. The molecule has 0 radical (unpaired) electrons. The van der Waals surface area contributed by atoms with Gasteiger partial charge < -0.3 is 14.7 Å². The lowest BCUT2D eigenvalue weighted by atomic mass is 9.90. The summed E-state index contributed by atoms with van der Waals surface area (Å²) >= 11 is 0. The topological polar surface area (TPSA) is 116 Å². The maximum absolute atomic E-state index is 12.7. The Morgan fingerprint density at radius 1 is 1.11 bits per heavy atom. The van der Waals surface area contributed by atoms with Gasteiger partial charge in [0.25, 0.3) is 0 Å². The molecule has 1 fully saturated rings. The molecule has 154 valence electrons. The molecule has 0 saturated heterocycles. The molecule has 8 heteroatoms. The fourth-order valence-corrected chi connectivity index (χ4v) is 3.39. The van der Waals surface area contributed by atoms with Crippen molar-refractivity contribution < 1.29 is 19.4 Å². The Balaban J connectivity index is 2.50. The molecule has 0 heterocycles. The van der Waals surface area contributed by atoms with Crippen LogP contribution in [0.1, 0.15) is 85.0 Å². The van der Waals surface area contributed by atoms with Gasteiger partial charge in [-0.25, -0.2) is 4.79 Å². The van der Waals surface area contributed by atoms with Crippen molar-refractivity contribution in [1.82, 2.24) is 4.90 Å². The lowest BCUT2D eigenvalue weighted by Crippen LogP contribution is -2.45. The second kappa shape index (κ2) is 11.7. The number of carboxylic acids is 1. The Labute approximate surface area is 161 Å². The molecular formula is C19H34N4O4. The molecule has 1 aliphatic rings. The van der Waals surface area contributed by atoms with E-state index in [0.717, 1.165) is 51.4 Å². The van der Waals surface area contributed by atoms with Crippen LogP contribution in [-0.4, -0.2) is 46.3 Å². The lowest BCUT2D eigenvalue weighted by molar-refractivity contribution is -0.137. The summed E-state index contributed by atoms with van der Waals surface area (Å²) in [6, 6.07) is 0.151. The van der Waals surface area contributed by atoms with Crippen molar-refractivity contribution in [3.8, 4) is 0 Å². The number of carbonyl (C=O) groups excluding carboxylic acids is 1. The highest BCUT2D eigenvalue weighted by Crippen LogP contribution is 2.27. The number of rotatable bonds is 10. The zero-order valence-corrected chi connectivity index (χ0v) is 16.9. The highest BCUT2D eigenvalue weighted by Gasteiger charge is 2.31. The Morgan fingerprint density at radius 2 is 1.70 bits per heavy atom. The molecule has 1 N–H and O–H groups in total. The number of azide groups is 1. The van der Waals surface area contributed by atoms with Crippen LogP contribution in [0.3, 0.4) is 0 Å². The van der Waals surface area contributed by atoms with Crippen molar-refractivity contribution >= 4 is 12.1 Å². The van der Waals surface area contributed by atoms with Crippen LogP contribution in [0.4, 0.5) is 4.79 Å². The second-order valence-electron chi connectivity index (χ2n) is 8.25. The molecule has 8 nitrogen and oxygen atoms in total. The Morgan fingerprint density at radius 3 is 2.26 bits per heavy atom. The fourth-order valence-electron chi connectivity index (χ4n) is 3.39. The van der Waals surface area contributed by atoms with Gasteiger partial charge >= 0.3 is 12.1 Å². The molecule has 0 aliphatic heterocycles. The first-order valence-electron chi connectivity index (χ1n) is 9.98. The van der Waals surface area contributed by atoms with Gasteiger partial charge in [-0.05, 0) is 64.8 Å². The number of unbranched alkanes of at least 4 members (excludes halogenated alkanes) is 4. The molecule has 1 saturated carbocycles. The van der Waals surface area contributed by atoms with Gasteiger partial charge in [0, 0.05) is 30.0 Å². The first-order valence-corrected chi connectivity index (χ1v) is 9.98. The van der Waals surface area contributed by atoms with Crippen LogP contribution in [0.5, 0.6) is 0 Å². The van der Waals surface area contributed by atoms with E-state index in [0.29, 0.717) is 13.0 Å². The monoisotopic (exact) mass is 382 g/mol. The minimum atomic E-state index is -0.748. The van der Waals surface area contributed by atoms with Crippen LogP contribution < -0.4 is 0 Å². The highest BCUT2D eigenvalue weighted by molar-refractivity contribution is 5.68. The van der Waals surface area contributed by atoms with Crippen molar-refractivity contribution in [2.45, 2.75) is 103 Å². The van der Waals surface area contributed by atoms with E-state index in [1.54, 1.807) is 0 Å². The third-order valence-corrected chi connectivity index (χ3v) is 4.74. The predicted octanol–water partition coefficient (Wildman–Crippen LogP) is 5.27. The van der Waals surface area contributed by atoms with Crippen LogP contribution >= 0.6 is 0 Å². The normalized spacial score (nSPS) is 19.8. The molecule has 0 atom stereocenters. The van der Waals surface area contributed by atoms with E-state index in [4.69, 9.17) is 15.4 Å². The summed E-state index contributed by atoms with van der Waals surface area (Å²) in [5, 5.41) is 12.5. The molecule has 1 rings (SSSR count). The molecule has 0 spiro atoms. The van der Waals surface area contributed by atoms with Gasteiger partial charge in [0.15, 0.2) is 0 Å². The number of hydrogen-bond acceptors (Lipinski definition) is 4. The summed E-state index contributed by atoms with van der Waals surface area (Å²) in [5.74, 6) is -0.748. The zero-order chi connectivity index (χ0) is 20.3. The third kappa shape index (κ3) is 10.1. The first-order chi connectivity index (χ1) is 12.7. The summed E-state index contributed by atoms with van der Waals surface area (Å²) in [5.41, 5.74) is 8.05. The number of amides is 1. The Bertz CT molecular complexity index is 518. The number of hydrogen-bond donors (Lipinski definition) is 1. The quantitative estimate of drug-likeness (QED) is 0.240. The number of carboxylic acid groups (broad SMARTS) is 1. The van der Waals surface area contributed by atoms with Crippen molar-refractivity contribution in [2.24, 2.45) is 5.11 Å². The van der Waals surface area contributed by atoms with Crippen LogP contribution in [0.2, 0.25) is 0 Å². The zero-order valence-electron chi connectivity index (χ0n) is 16.9. The molecule has 0 aromatic carbocycles. The molecule has 27 heavy (non-hydrogen) atoms. The molecular weight excluding hydrogens is 348 g/mol. The van der Waals surface area contributed by atoms with Crippen LogP contribution in [0, 0.1) is 0 Å². The summed E-state index contributed by atoms with van der Waals surface area (Å²) in [4.78, 5) is 27.9. The van der Waals surface area contributed by atoms with Gasteiger partial charge in [0.05, 0.1) is 0 Å². The van der Waals surface area contributed by atoms with Crippen molar-refractivity contribution in [2.75, 3.05) is 6.54 Å². The highest BCUT2D eigenvalue weighted by atomic mass is 16.6. The van der Waals surface area contributed by atoms with E-state index in [9.17, 15) is 9.59 Å². The van der Waals surface area contributed by atoms with E-state index in [2.05, 4.69) is 10.0 Å². The molecule has 0 aromatic rings. The minimum Gasteiger partial charge on any atom is -0.481 e. The average Bonchev–Trinajstić information content (AvgIpc) is 2.57. The lowest BCUT2D eigenvalue weighted by Gasteiger charge is -2.37. The summed E-state index contributed by atoms with van der Waals surface area (Å²) < 4.78 is 5.59. The van der Waals surface area contributed by atoms with Gasteiger partial charge in [-0.3, -0.25) is 4.79 Å². The summed E-state index contributed by atoms with van der Waals surface area (Å²) in [6.07, 6.45) is 7.59. The largest absolute Gasteiger partial charge is 0.481 e. The van der Waals surface area contributed by atoms with Gasteiger partial charge in [-0.15, -0.1) is 0 Å². The van der Waals surface area contributed by atoms with Crippen LogP contribution in [-0.2, 0) is 9.53 Å². The molecule has 0 unspecified atom stereocenters. The van der Waals surface area contributed by atoms with Crippen molar-refractivity contribution in [1.29, 1.82) is 0 Å². The standard InChI is InChI=1S/C19H34N4O4/c1-19(2,3)27-18(26)23(14-8-6-4-5-7-9-17(24)25)16-12-10-15(11-13-16)21-22-20/h15-16H,4-14H2,1-3H3,(H,24,25). The van der Waals surface area contributed by atoms with Crippen LogP contribution in [0.15, 0.2) is 5.11 Å². The molecule has 0 aromatic heterocycles. The fraction of sp³-hybridized carbons (Fsp3) is 0.895.